The molecule has 0 atom stereocenters. The van der Waals surface area contributed by atoms with Gasteiger partial charge in [0.2, 0.25) is 6.79 Å². The largest absolute Gasteiger partial charge is 0.454 e. The van der Waals surface area contributed by atoms with Crippen LogP contribution in [0, 0.1) is 0 Å². The van der Waals surface area contributed by atoms with Crippen LogP contribution >= 0.6 is 0 Å². The summed E-state index contributed by atoms with van der Waals surface area (Å²) in [5.41, 5.74) is 1.12. The number of fused-ring (bicyclic) bond motifs is 1. The van der Waals surface area contributed by atoms with Gasteiger partial charge in [-0.2, -0.15) is 0 Å². The standard InChI is InChI=1S/C14H18N2O4/c17-14(16-5-7-18-8-6-16)15-4-3-11-1-2-12-13(9-11)20-10-19-12/h1-2,9H,3-8,10H2,(H,15,17). The number of nitrogens with one attached hydrogen (secondary N) is 1. The Balaban J connectivity index is 1.46. The zero-order chi connectivity index (χ0) is 13.8. The highest BCUT2D eigenvalue weighted by molar-refractivity contribution is 5.74. The average Bonchev–Trinajstić information content (AvgIpc) is 2.95. The van der Waals surface area contributed by atoms with Crippen LogP contribution < -0.4 is 14.8 Å². The van der Waals surface area contributed by atoms with Crippen molar-refractivity contribution in [1.82, 2.24) is 10.2 Å². The Hall–Kier alpha value is -1.95. The minimum atomic E-state index is -0.0194. The van der Waals surface area contributed by atoms with E-state index in [1.807, 2.05) is 18.2 Å². The number of rotatable bonds is 3. The molecule has 0 aromatic heterocycles. The van der Waals surface area contributed by atoms with Crippen LogP contribution in [0.4, 0.5) is 4.79 Å². The Morgan fingerprint density at radius 2 is 2.00 bits per heavy atom. The molecule has 0 aliphatic carbocycles. The third-order valence-electron chi connectivity index (χ3n) is 3.43. The molecule has 0 saturated carbocycles. The molecule has 2 heterocycles. The molecular formula is C14H18N2O4. The van der Waals surface area contributed by atoms with Crippen molar-refractivity contribution >= 4 is 6.03 Å². The fraction of sp³-hybridized carbons (Fsp3) is 0.500. The summed E-state index contributed by atoms with van der Waals surface area (Å²) in [6.45, 7) is 3.46. The van der Waals surface area contributed by atoms with Crippen LogP contribution in [0.1, 0.15) is 5.56 Å². The van der Waals surface area contributed by atoms with Crippen molar-refractivity contribution in [2.24, 2.45) is 0 Å². The molecular weight excluding hydrogens is 260 g/mol. The average molecular weight is 278 g/mol. The Kier molecular flexibility index (Phi) is 3.92. The summed E-state index contributed by atoms with van der Waals surface area (Å²) in [4.78, 5) is 13.7. The Labute approximate surface area is 117 Å². The van der Waals surface area contributed by atoms with E-state index in [9.17, 15) is 4.79 Å². The molecule has 0 radical (unpaired) electrons. The molecule has 6 heteroatoms. The zero-order valence-electron chi connectivity index (χ0n) is 11.3. The fourth-order valence-electron chi connectivity index (χ4n) is 2.29. The smallest absolute Gasteiger partial charge is 0.317 e. The van der Waals surface area contributed by atoms with Crippen LogP contribution in [0.25, 0.3) is 0 Å². The maximum Gasteiger partial charge on any atom is 0.317 e. The van der Waals surface area contributed by atoms with Crippen LogP contribution in [0.3, 0.4) is 0 Å². The van der Waals surface area contributed by atoms with Gasteiger partial charge in [-0.05, 0) is 24.1 Å². The van der Waals surface area contributed by atoms with Gasteiger partial charge in [-0.25, -0.2) is 4.79 Å². The first kappa shape index (κ1) is 13.1. The number of hydrogen-bond donors (Lipinski definition) is 1. The van der Waals surface area contributed by atoms with E-state index in [1.54, 1.807) is 4.90 Å². The maximum atomic E-state index is 11.9. The second kappa shape index (κ2) is 6.00. The zero-order valence-corrected chi connectivity index (χ0v) is 11.3. The van der Waals surface area contributed by atoms with Gasteiger partial charge in [0.15, 0.2) is 11.5 Å². The van der Waals surface area contributed by atoms with Gasteiger partial charge in [0.05, 0.1) is 13.2 Å². The Bertz CT molecular complexity index is 486. The number of nitrogens with zero attached hydrogens (tertiary/aromatic N) is 1. The molecule has 6 nitrogen and oxygen atoms in total. The molecule has 1 aromatic rings. The molecule has 2 amide bonds. The lowest BCUT2D eigenvalue weighted by molar-refractivity contribution is 0.0533. The lowest BCUT2D eigenvalue weighted by atomic mass is 10.1. The maximum absolute atomic E-state index is 11.9. The first-order valence-corrected chi connectivity index (χ1v) is 6.82. The normalized spacial score (nSPS) is 17.1. The fourth-order valence-corrected chi connectivity index (χ4v) is 2.29. The van der Waals surface area contributed by atoms with Crippen LogP contribution in [0.2, 0.25) is 0 Å². The van der Waals surface area contributed by atoms with E-state index in [-0.39, 0.29) is 12.8 Å². The molecule has 20 heavy (non-hydrogen) atoms. The minimum absolute atomic E-state index is 0.0194. The van der Waals surface area contributed by atoms with Gasteiger partial charge in [-0.1, -0.05) is 6.07 Å². The summed E-state index contributed by atoms with van der Waals surface area (Å²) < 4.78 is 15.8. The van der Waals surface area contributed by atoms with Gasteiger partial charge in [0.25, 0.3) is 0 Å². The molecule has 0 spiro atoms. The van der Waals surface area contributed by atoms with E-state index in [1.165, 1.54) is 0 Å². The van der Waals surface area contributed by atoms with Gasteiger partial charge < -0.3 is 24.4 Å². The van der Waals surface area contributed by atoms with Crippen molar-refractivity contribution in [3.63, 3.8) is 0 Å². The topological polar surface area (TPSA) is 60.0 Å². The highest BCUT2D eigenvalue weighted by Gasteiger charge is 2.16. The van der Waals surface area contributed by atoms with Crippen molar-refractivity contribution in [2.45, 2.75) is 6.42 Å². The van der Waals surface area contributed by atoms with E-state index >= 15 is 0 Å². The molecule has 1 fully saturated rings. The Morgan fingerprint density at radius 1 is 1.20 bits per heavy atom. The molecule has 3 rings (SSSR count). The first-order chi connectivity index (χ1) is 9.83. The van der Waals surface area contributed by atoms with Crippen LogP contribution in [0.15, 0.2) is 18.2 Å². The van der Waals surface area contributed by atoms with E-state index in [0.717, 1.165) is 23.5 Å². The molecule has 0 bridgehead atoms. The van der Waals surface area contributed by atoms with Gasteiger partial charge >= 0.3 is 6.03 Å². The summed E-state index contributed by atoms with van der Waals surface area (Å²) in [6.07, 6.45) is 0.771. The van der Waals surface area contributed by atoms with Crippen LogP contribution in [-0.2, 0) is 11.2 Å². The highest BCUT2D eigenvalue weighted by atomic mass is 16.7. The van der Waals surface area contributed by atoms with Crippen molar-refractivity contribution in [1.29, 1.82) is 0 Å². The monoisotopic (exact) mass is 278 g/mol. The number of carbonyl (C=O) groups excluding carboxylic acids is 1. The Morgan fingerprint density at radius 3 is 2.85 bits per heavy atom. The van der Waals surface area contributed by atoms with Crippen LogP contribution in [0.5, 0.6) is 11.5 Å². The lowest BCUT2D eigenvalue weighted by Gasteiger charge is -2.26. The summed E-state index contributed by atoms with van der Waals surface area (Å²) in [5.74, 6) is 1.56. The summed E-state index contributed by atoms with van der Waals surface area (Å²) >= 11 is 0. The quantitative estimate of drug-likeness (QED) is 0.896. The first-order valence-electron chi connectivity index (χ1n) is 6.82. The molecule has 2 aliphatic rings. The number of amides is 2. The van der Waals surface area contributed by atoms with Crippen molar-refractivity contribution in [3.05, 3.63) is 23.8 Å². The van der Waals surface area contributed by atoms with E-state index in [2.05, 4.69) is 5.32 Å². The lowest BCUT2D eigenvalue weighted by Crippen LogP contribution is -2.46. The van der Waals surface area contributed by atoms with E-state index < -0.39 is 0 Å². The molecule has 1 N–H and O–H groups in total. The predicted octanol–water partition coefficient (Wildman–Crippen LogP) is 1.000. The van der Waals surface area contributed by atoms with Gasteiger partial charge in [0, 0.05) is 19.6 Å². The highest BCUT2D eigenvalue weighted by Crippen LogP contribution is 2.32. The van der Waals surface area contributed by atoms with Gasteiger partial charge in [0.1, 0.15) is 0 Å². The van der Waals surface area contributed by atoms with E-state index in [0.29, 0.717) is 32.8 Å². The molecule has 108 valence electrons. The van der Waals surface area contributed by atoms with Crippen molar-refractivity contribution in [3.8, 4) is 11.5 Å². The van der Waals surface area contributed by atoms with Crippen LogP contribution in [-0.4, -0.2) is 50.6 Å². The SMILES string of the molecule is O=C(NCCc1ccc2c(c1)OCO2)N1CCOCC1. The minimum Gasteiger partial charge on any atom is -0.454 e. The van der Waals surface area contributed by atoms with Gasteiger partial charge in [-0.3, -0.25) is 0 Å². The molecule has 1 saturated heterocycles. The van der Waals surface area contributed by atoms with Crippen molar-refractivity contribution < 1.29 is 19.0 Å². The van der Waals surface area contributed by atoms with Gasteiger partial charge in [-0.15, -0.1) is 0 Å². The summed E-state index contributed by atoms with van der Waals surface area (Å²) in [6, 6.07) is 5.84. The number of morpholine rings is 1. The second-order valence-electron chi connectivity index (χ2n) is 4.77. The van der Waals surface area contributed by atoms with E-state index in [4.69, 9.17) is 14.2 Å². The molecule has 2 aliphatic heterocycles. The number of urea groups is 1. The summed E-state index contributed by atoms with van der Waals surface area (Å²) in [5, 5.41) is 2.93. The third kappa shape index (κ3) is 2.96. The molecule has 0 unspecified atom stereocenters. The number of benzene rings is 1. The number of hydrogen-bond acceptors (Lipinski definition) is 4. The van der Waals surface area contributed by atoms with Crippen molar-refractivity contribution in [2.75, 3.05) is 39.6 Å². The second-order valence-corrected chi connectivity index (χ2v) is 4.77. The predicted molar refractivity (Wildman–Crippen MR) is 72.1 cm³/mol. The number of ether oxygens (including phenoxy) is 3. The molecule has 1 aromatic carbocycles. The summed E-state index contributed by atoms with van der Waals surface area (Å²) in [7, 11) is 0. The number of carbonyl (C=O) groups is 1. The third-order valence-corrected chi connectivity index (χ3v) is 3.43.